The van der Waals surface area contributed by atoms with Gasteiger partial charge in [0.25, 0.3) is 0 Å². The van der Waals surface area contributed by atoms with Crippen LogP contribution in [0.25, 0.3) is 0 Å². The van der Waals surface area contributed by atoms with Gasteiger partial charge in [0, 0.05) is 18.8 Å². The maximum Gasteiger partial charge on any atom is 0.341 e. The van der Waals surface area contributed by atoms with E-state index >= 15 is 0 Å². The second-order valence-corrected chi connectivity index (χ2v) is 3.47. The van der Waals surface area contributed by atoms with Crippen LogP contribution in [0.15, 0.2) is 17.5 Å². The van der Waals surface area contributed by atoms with Gasteiger partial charge in [0.1, 0.15) is 12.2 Å². The van der Waals surface area contributed by atoms with E-state index in [0.717, 1.165) is 12.6 Å². The predicted octanol–water partition coefficient (Wildman–Crippen LogP) is 1.96. The highest BCUT2D eigenvalue weighted by Gasteiger charge is 2.17. The fourth-order valence-corrected chi connectivity index (χ4v) is 1.29. The maximum atomic E-state index is 13.5. The number of methoxy groups -OCH3 is 1. The third kappa shape index (κ3) is 3.80. The van der Waals surface area contributed by atoms with Crippen molar-refractivity contribution in [3.8, 4) is 0 Å². The standard InChI is InChI=1S/C12H15FN2O3/c1-3-6-18-15-5-4-9-7-14-8-10(13)11(9)12(16)17-2/h5,7-8H,3-4,6H2,1-2H3/b15-5+. The molecule has 0 aliphatic carbocycles. The molecule has 0 N–H and O–H groups in total. The van der Waals surface area contributed by atoms with Crippen molar-refractivity contribution in [1.29, 1.82) is 0 Å². The minimum absolute atomic E-state index is 0.116. The van der Waals surface area contributed by atoms with E-state index in [9.17, 15) is 9.18 Å². The summed E-state index contributed by atoms with van der Waals surface area (Å²) in [5.41, 5.74) is 0.292. The minimum Gasteiger partial charge on any atom is -0.465 e. The molecule has 1 rings (SSSR count). The van der Waals surface area contributed by atoms with Crippen molar-refractivity contribution in [1.82, 2.24) is 4.98 Å². The summed E-state index contributed by atoms with van der Waals surface area (Å²) in [4.78, 5) is 20.0. The van der Waals surface area contributed by atoms with E-state index in [4.69, 9.17) is 4.84 Å². The number of carbonyl (C=O) groups excluding carboxylic acids is 1. The zero-order chi connectivity index (χ0) is 13.4. The average molecular weight is 254 g/mol. The summed E-state index contributed by atoms with van der Waals surface area (Å²) in [6.07, 6.45) is 4.94. The number of hydrogen-bond donors (Lipinski definition) is 0. The molecule has 0 radical (unpaired) electrons. The average Bonchev–Trinajstić information content (AvgIpc) is 2.38. The first-order valence-electron chi connectivity index (χ1n) is 5.55. The Labute approximate surface area is 105 Å². The summed E-state index contributed by atoms with van der Waals surface area (Å²) < 4.78 is 18.0. The molecule has 0 amide bonds. The van der Waals surface area contributed by atoms with Crippen molar-refractivity contribution in [3.63, 3.8) is 0 Å². The van der Waals surface area contributed by atoms with Crippen LogP contribution in [0, 0.1) is 5.82 Å². The van der Waals surface area contributed by atoms with Crippen molar-refractivity contribution in [2.75, 3.05) is 13.7 Å². The Morgan fingerprint density at radius 2 is 2.33 bits per heavy atom. The van der Waals surface area contributed by atoms with Crippen molar-refractivity contribution in [2.45, 2.75) is 19.8 Å². The molecule has 18 heavy (non-hydrogen) atoms. The van der Waals surface area contributed by atoms with Crippen LogP contribution >= 0.6 is 0 Å². The molecule has 0 saturated heterocycles. The van der Waals surface area contributed by atoms with Crippen LogP contribution in [0.3, 0.4) is 0 Å². The Morgan fingerprint density at radius 1 is 1.56 bits per heavy atom. The zero-order valence-corrected chi connectivity index (χ0v) is 10.4. The highest BCUT2D eigenvalue weighted by Crippen LogP contribution is 2.13. The smallest absolute Gasteiger partial charge is 0.341 e. The first-order valence-corrected chi connectivity index (χ1v) is 5.55. The van der Waals surface area contributed by atoms with Gasteiger partial charge in [-0.05, 0) is 12.0 Å². The number of rotatable bonds is 6. The van der Waals surface area contributed by atoms with Crippen LogP contribution in [-0.2, 0) is 16.0 Å². The maximum absolute atomic E-state index is 13.5. The number of nitrogens with zero attached hydrogens (tertiary/aromatic N) is 2. The van der Waals surface area contributed by atoms with Crippen LogP contribution in [0.2, 0.25) is 0 Å². The number of hydrogen-bond acceptors (Lipinski definition) is 5. The van der Waals surface area contributed by atoms with Gasteiger partial charge in [0.05, 0.1) is 13.3 Å². The molecule has 0 aliphatic heterocycles. The molecule has 0 atom stereocenters. The lowest BCUT2D eigenvalue weighted by Gasteiger charge is -2.05. The van der Waals surface area contributed by atoms with Crippen molar-refractivity contribution in [2.24, 2.45) is 5.16 Å². The molecular formula is C12H15FN2O3. The van der Waals surface area contributed by atoms with Crippen LogP contribution < -0.4 is 0 Å². The van der Waals surface area contributed by atoms with E-state index in [1.54, 1.807) is 0 Å². The molecule has 1 heterocycles. The molecule has 6 heteroatoms. The first kappa shape index (κ1) is 14.1. The zero-order valence-electron chi connectivity index (χ0n) is 10.4. The normalized spacial score (nSPS) is 10.6. The van der Waals surface area contributed by atoms with Gasteiger partial charge in [-0.3, -0.25) is 4.98 Å². The van der Waals surface area contributed by atoms with Crippen LogP contribution in [0.4, 0.5) is 4.39 Å². The lowest BCUT2D eigenvalue weighted by molar-refractivity contribution is 0.0594. The molecule has 0 aliphatic rings. The summed E-state index contributed by atoms with van der Waals surface area (Å²) >= 11 is 0. The second-order valence-electron chi connectivity index (χ2n) is 3.47. The lowest BCUT2D eigenvalue weighted by Crippen LogP contribution is -2.10. The number of halogens is 1. The predicted molar refractivity (Wildman–Crippen MR) is 64.0 cm³/mol. The molecule has 0 unspecified atom stereocenters. The number of aromatic nitrogens is 1. The molecule has 5 nitrogen and oxygen atoms in total. The molecule has 0 fully saturated rings. The van der Waals surface area contributed by atoms with Gasteiger partial charge < -0.3 is 9.57 Å². The molecule has 98 valence electrons. The summed E-state index contributed by atoms with van der Waals surface area (Å²) in [7, 11) is 1.20. The van der Waals surface area contributed by atoms with E-state index < -0.39 is 11.8 Å². The molecule has 0 saturated carbocycles. The van der Waals surface area contributed by atoms with Crippen molar-refractivity contribution < 1.29 is 18.8 Å². The summed E-state index contributed by atoms with van der Waals surface area (Å²) in [6.45, 7) is 2.48. The van der Waals surface area contributed by atoms with Crippen LogP contribution in [0.1, 0.15) is 29.3 Å². The molecule has 1 aromatic rings. The van der Waals surface area contributed by atoms with Gasteiger partial charge in [0.2, 0.25) is 0 Å². The van der Waals surface area contributed by atoms with Gasteiger partial charge in [-0.1, -0.05) is 12.1 Å². The van der Waals surface area contributed by atoms with Gasteiger partial charge >= 0.3 is 5.97 Å². The van der Waals surface area contributed by atoms with Crippen LogP contribution in [-0.4, -0.2) is 30.9 Å². The fourth-order valence-electron chi connectivity index (χ4n) is 1.29. The first-order chi connectivity index (χ1) is 8.70. The Balaban J connectivity index is 2.79. The molecule has 1 aromatic heterocycles. The van der Waals surface area contributed by atoms with E-state index in [1.165, 1.54) is 19.5 Å². The molecule has 0 bridgehead atoms. The fraction of sp³-hybridized carbons (Fsp3) is 0.417. The lowest BCUT2D eigenvalue weighted by atomic mass is 10.1. The number of ether oxygens (including phenoxy) is 1. The monoisotopic (exact) mass is 254 g/mol. The second kappa shape index (κ2) is 7.37. The summed E-state index contributed by atoms with van der Waals surface area (Å²) in [5, 5.41) is 3.68. The van der Waals surface area contributed by atoms with Crippen LogP contribution in [0.5, 0.6) is 0 Å². The van der Waals surface area contributed by atoms with E-state index in [-0.39, 0.29) is 12.0 Å². The third-order valence-electron chi connectivity index (χ3n) is 2.12. The Kier molecular flexibility index (Phi) is 5.76. The summed E-state index contributed by atoms with van der Waals surface area (Å²) in [5.74, 6) is -1.44. The Bertz CT molecular complexity index is 435. The molecule has 0 aromatic carbocycles. The topological polar surface area (TPSA) is 60.8 Å². The molecular weight excluding hydrogens is 239 g/mol. The number of pyridine rings is 1. The quantitative estimate of drug-likeness (QED) is 0.337. The van der Waals surface area contributed by atoms with Gasteiger partial charge in [0.15, 0.2) is 5.82 Å². The van der Waals surface area contributed by atoms with E-state index in [1.807, 2.05) is 6.92 Å². The minimum atomic E-state index is -0.729. The largest absolute Gasteiger partial charge is 0.465 e. The van der Waals surface area contributed by atoms with Crippen molar-refractivity contribution in [3.05, 3.63) is 29.3 Å². The number of oxime groups is 1. The third-order valence-corrected chi connectivity index (χ3v) is 2.12. The Morgan fingerprint density at radius 3 is 3.00 bits per heavy atom. The van der Waals surface area contributed by atoms with Gasteiger partial charge in [-0.15, -0.1) is 0 Å². The van der Waals surface area contributed by atoms with Crippen molar-refractivity contribution >= 4 is 12.2 Å². The highest BCUT2D eigenvalue weighted by atomic mass is 19.1. The van der Waals surface area contributed by atoms with Gasteiger partial charge in [-0.2, -0.15) is 0 Å². The number of esters is 1. The SMILES string of the molecule is CCCO/N=C/Cc1cncc(F)c1C(=O)OC. The van der Waals surface area contributed by atoms with Gasteiger partial charge in [-0.25, -0.2) is 9.18 Å². The summed E-state index contributed by atoms with van der Waals surface area (Å²) in [6, 6.07) is 0. The number of carbonyl (C=O) groups is 1. The van der Waals surface area contributed by atoms with E-state index in [2.05, 4.69) is 14.9 Å². The Hall–Kier alpha value is -1.98. The van der Waals surface area contributed by atoms with E-state index in [0.29, 0.717) is 12.2 Å². The highest BCUT2D eigenvalue weighted by molar-refractivity contribution is 5.92. The molecule has 0 spiro atoms.